The molecule has 0 unspecified atom stereocenters. The molecule has 3 aliphatic rings. The molecule has 2 saturated heterocycles. The highest BCUT2D eigenvalue weighted by Crippen LogP contribution is 2.32. The Labute approximate surface area is 153 Å². The lowest BCUT2D eigenvalue weighted by atomic mass is 9.84. The smallest absolute Gasteiger partial charge is 0.317 e. The van der Waals surface area contributed by atoms with Crippen LogP contribution in [0.1, 0.15) is 49.1 Å². The van der Waals surface area contributed by atoms with Crippen LogP contribution < -0.4 is 10.6 Å². The fraction of sp³-hybridized carbons (Fsp3) is 0.550. The second-order valence-electron chi connectivity index (χ2n) is 7.71. The number of benzene rings is 1. The minimum Gasteiger partial charge on any atom is -0.334 e. The molecule has 6 nitrogen and oxygen atoms in total. The largest absolute Gasteiger partial charge is 0.334 e. The van der Waals surface area contributed by atoms with Crippen molar-refractivity contribution < 1.29 is 14.4 Å². The van der Waals surface area contributed by atoms with Crippen molar-refractivity contribution >= 4 is 17.8 Å². The fourth-order valence-corrected chi connectivity index (χ4v) is 4.44. The minimum atomic E-state index is -0.386. The Bertz CT molecular complexity index is 688. The van der Waals surface area contributed by atoms with Crippen LogP contribution in [-0.4, -0.2) is 35.8 Å². The van der Waals surface area contributed by atoms with E-state index in [9.17, 15) is 14.4 Å². The Morgan fingerprint density at radius 2 is 1.62 bits per heavy atom. The molecule has 0 radical (unpaired) electrons. The normalized spacial score (nSPS) is 25.9. The molecule has 1 aromatic carbocycles. The lowest BCUT2D eigenvalue weighted by molar-refractivity contribution is -0.126. The number of carbonyl (C=O) groups is 3. The zero-order chi connectivity index (χ0) is 18.1. The van der Waals surface area contributed by atoms with Crippen molar-refractivity contribution in [3.63, 3.8) is 0 Å². The molecule has 2 N–H and O–H groups in total. The molecular weight excluding hydrogens is 330 g/mol. The molecule has 2 atom stereocenters. The summed E-state index contributed by atoms with van der Waals surface area (Å²) in [6, 6.07) is 8.32. The summed E-state index contributed by atoms with van der Waals surface area (Å²) < 4.78 is 0. The quantitative estimate of drug-likeness (QED) is 0.816. The van der Waals surface area contributed by atoms with Crippen LogP contribution in [0.3, 0.4) is 0 Å². The first kappa shape index (κ1) is 17.1. The van der Waals surface area contributed by atoms with Gasteiger partial charge < -0.3 is 10.2 Å². The predicted octanol–water partition coefficient (Wildman–Crippen LogP) is 2.15. The van der Waals surface area contributed by atoms with Gasteiger partial charge in [0.2, 0.25) is 11.8 Å². The average Bonchev–Trinajstić information content (AvgIpc) is 3.23. The Kier molecular flexibility index (Phi) is 4.66. The number of imide groups is 1. The Hall–Kier alpha value is -2.37. The van der Waals surface area contributed by atoms with Crippen LogP contribution in [-0.2, 0) is 16.1 Å². The van der Waals surface area contributed by atoms with E-state index in [0.29, 0.717) is 25.6 Å². The monoisotopic (exact) mass is 355 g/mol. The summed E-state index contributed by atoms with van der Waals surface area (Å²) in [4.78, 5) is 37.3. The molecule has 4 amide bonds. The summed E-state index contributed by atoms with van der Waals surface area (Å²) in [6.45, 7) is 1.08. The van der Waals surface area contributed by atoms with Gasteiger partial charge in [0.15, 0.2) is 0 Å². The zero-order valence-corrected chi connectivity index (χ0v) is 14.9. The molecule has 2 heterocycles. The molecule has 26 heavy (non-hydrogen) atoms. The standard InChI is InChI=1S/C20H25N3O3/c24-18-16-11-23(12-17(16)19(25)22-18)20(26)21-10-13-6-8-15(9-7-13)14-4-2-1-3-5-14/h6-9,14,16-17H,1-5,10-12H2,(H,21,26)(H,22,24,25)/t16-,17+. The number of likely N-dealkylation sites (tertiary alicyclic amines) is 1. The first-order valence-electron chi connectivity index (χ1n) is 9.58. The van der Waals surface area contributed by atoms with Crippen LogP contribution in [0.25, 0.3) is 0 Å². The van der Waals surface area contributed by atoms with Gasteiger partial charge in [0, 0.05) is 19.6 Å². The molecule has 0 spiro atoms. The average molecular weight is 355 g/mol. The third kappa shape index (κ3) is 3.32. The molecular formula is C20H25N3O3. The van der Waals surface area contributed by atoms with E-state index >= 15 is 0 Å². The third-order valence-corrected chi connectivity index (χ3v) is 6.03. The van der Waals surface area contributed by atoms with Crippen LogP contribution in [0.2, 0.25) is 0 Å². The Balaban J connectivity index is 1.29. The highest BCUT2D eigenvalue weighted by molar-refractivity contribution is 6.06. The van der Waals surface area contributed by atoms with E-state index in [4.69, 9.17) is 0 Å². The molecule has 0 aromatic heterocycles. The van der Waals surface area contributed by atoms with Crippen LogP contribution in [0, 0.1) is 11.8 Å². The van der Waals surface area contributed by atoms with E-state index in [2.05, 4.69) is 34.9 Å². The van der Waals surface area contributed by atoms with Crippen molar-refractivity contribution in [1.82, 2.24) is 15.5 Å². The second-order valence-corrected chi connectivity index (χ2v) is 7.71. The Morgan fingerprint density at radius 3 is 2.23 bits per heavy atom. The maximum Gasteiger partial charge on any atom is 0.317 e. The number of rotatable bonds is 3. The van der Waals surface area contributed by atoms with Gasteiger partial charge in [-0.25, -0.2) is 4.79 Å². The van der Waals surface area contributed by atoms with Crippen molar-refractivity contribution in [3.05, 3.63) is 35.4 Å². The van der Waals surface area contributed by atoms with Gasteiger partial charge in [-0.1, -0.05) is 43.5 Å². The molecule has 4 rings (SSSR count). The lowest BCUT2D eigenvalue weighted by Gasteiger charge is -2.22. The van der Waals surface area contributed by atoms with E-state index in [1.54, 1.807) is 4.90 Å². The van der Waals surface area contributed by atoms with Crippen molar-refractivity contribution in [2.24, 2.45) is 11.8 Å². The van der Waals surface area contributed by atoms with Gasteiger partial charge >= 0.3 is 6.03 Å². The maximum atomic E-state index is 12.3. The first-order valence-corrected chi connectivity index (χ1v) is 9.58. The molecule has 138 valence electrons. The topological polar surface area (TPSA) is 78.5 Å². The number of urea groups is 1. The van der Waals surface area contributed by atoms with Crippen LogP contribution in [0.4, 0.5) is 4.79 Å². The van der Waals surface area contributed by atoms with E-state index in [-0.39, 0.29) is 29.7 Å². The molecule has 6 heteroatoms. The van der Waals surface area contributed by atoms with Crippen molar-refractivity contribution in [2.75, 3.05) is 13.1 Å². The number of nitrogens with one attached hydrogen (secondary N) is 2. The number of hydrogen-bond donors (Lipinski definition) is 2. The highest BCUT2D eigenvalue weighted by Gasteiger charge is 2.48. The molecule has 0 bridgehead atoms. The van der Waals surface area contributed by atoms with Crippen molar-refractivity contribution in [1.29, 1.82) is 0 Å². The SMILES string of the molecule is O=C1NC(=O)[C@@H]2CN(C(=O)NCc3ccc(C4CCCCC4)cc3)C[C@H]12. The van der Waals surface area contributed by atoms with E-state index in [1.807, 2.05) is 0 Å². The number of hydrogen-bond acceptors (Lipinski definition) is 3. The van der Waals surface area contributed by atoms with E-state index in [1.165, 1.54) is 37.7 Å². The summed E-state index contributed by atoms with van der Waals surface area (Å²) in [5, 5.41) is 5.23. The second kappa shape index (κ2) is 7.09. The molecule has 1 aliphatic carbocycles. The highest BCUT2D eigenvalue weighted by atomic mass is 16.2. The van der Waals surface area contributed by atoms with Crippen LogP contribution in [0.15, 0.2) is 24.3 Å². The molecule has 1 saturated carbocycles. The molecule has 2 aliphatic heterocycles. The van der Waals surface area contributed by atoms with Gasteiger partial charge in [-0.2, -0.15) is 0 Å². The summed E-state index contributed by atoms with van der Waals surface area (Å²) >= 11 is 0. The maximum absolute atomic E-state index is 12.3. The van der Waals surface area contributed by atoms with Gasteiger partial charge in [0.25, 0.3) is 0 Å². The van der Waals surface area contributed by atoms with Crippen LogP contribution >= 0.6 is 0 Å². The predicted molar refractivity (Wildman–Crippen MR) is 96.2 cm³/mol. The van der Waals surface area contributed by atoms with Gasteiger partial charge in [-0.15, -0.1) is 0 Å². The number of amides is 4. The summed E-state index contributed by atoms with van der Waals surface area (Å²) in [5.74, 6) is -0.603. The minimum absolute atomic E-state index is 0.212. The molecule has 1 aromatic rings. The fourth-order valence-electron chi connectivity index (χ4n) is 4.44. The third-order valence-electron chi connectivity index (χ3n) is 6.03. The molecule has 3 fully saturated rings. The van der Waals surface area contributed by atoms with E-state index < -0.39 is 0 Å². The van der Waals surface area contributed by atoms with Crippen LogP contribution in [0.5, 0.6) is 0 Å². The van der Waals surface area contributed by atoms with Crippen molar-refractivity contribution in [3.8, 4) is 0 Å². The van der Waals surface area contributed by atoms with Crippen molar-refractivity contribution in [2.45, 2.75) is 44.6 Å². The summed E-state index contributed by atoms with van der Waals surface area (Å²) in [5.41, 5.74) is 2.46. The number of carbonyl (C=O) groups excluding carboxylic acids is 3. The summed E-state index contributed by atoms with van der Waals surface area (Å²) in [6.07, 6.45) is 6.55. The van der Waals surface area contributed by atoms with Gasteiger partial charge in [0.1, 0.15) is 0 Å². The first-order chi connectivity index (χ1) is 12.6. The van der Waals surface area contributed by atoms with Gasteiger partial charge in [-0.3, -0.25) is 14.9 Å². The van der Waals surface area contributed by atoms with Gasteiger partial charge in [-0.05, 0) is 29.9 Å². The van der Waals surface area contributed by atoms with E-state index in [0.717, 1.165) is 5.56 Å². The zero-order valence-electron chi connectivity index (χ0n) is 14.9. The summed E-state index contributed by atoms with van der Waals surface area (Å²) in [7, 11) is 0. The number of nitrogens with zero attached hydrogens (tertiary/aromatic N) is 1. The number of fused-ring (bicyclic) bond motifs is 1. The Morgan fingerprint density at radius 1 is 1.00 bits per heavy atom. The van der Waals surface area contributed by atoms with Gasteiger partial charge in [0.05, 0.1) is 11.8 Å². The lowest BCUT2D eigenvalue weighted by Crippen LogP contribution is -2.41.